The second-order valence-corrected chi connectivity index (χ2v) is 7.98. The first-order chi connectivity index (χ1) is 13.5. The Balaban J connectivity index is 2.00. The van der Waals surface area contributed by atoms with Gasteiger partial charge < -0.3 is 5.32 Å². The molecule has 1 amide bonds. The minimum atomic E-state index is -0.224. The van der Waals surface area contributed by atoms with E-state index < -0.39 is 0 Å². The molecule has 0 spiro atoms. The number of nitrogens with zero attached hydrogens (tertiary/aromatic N) is 2. The van der Waals surface area contributed by atoms with Crippen molar-refractivity contribution in [3.05, 3.63) is 62.9 Å². The van der Waals surface area contributed by atoms with Gasteiger partial charge in [0.05, 0.1) is 22.3 Å². The lowest BCUT2D eigenvalue weighted by molar-refractivity contribution is -0.118. The van der Waals surface area contributed by atoms with E-state index in [1.165, 1.54) is 16.3 Å². The Bertz CT molecular complexity index is 1050. The second-order valence-electron chi connectivity index (χ2n) is 6.17. The second kappa shape index (κ2) is 9.45. The van der Waals surface area contributed by atoms with E-state index in [1.807, 2.05) is 0 Å². The fraction of sp³-hybridized carbons (Fsp3) is 0.250. The number of aromatic nitrogens is 2. The summed E-state index contributed by atoms with van der Waals surface area (Å²) in [7, 11) is 0. The monoisotopic (exact) mass is 435 g/mol. The molecule has 146 valence electrons. The summed E-state index contributed by atoms with van der Waals surface area (Å²) in [6, 6.07) is 11.9. The number of amides is 1. The van der Waals surface area contributed by atoms with Crippen LogP contribution >= 0.6 is 35.0 Å². The molecule has 0 aliphatic heterocycles. The van der Waals surface area contributed by atoms with Gasteiger partial charge in [-0.2, -0.15) is 0 Å². The molecule has 0 fully saturated rings. The number of carbonyl (C=O) groups excluding carboxylic acids is 1. The number of hydrogen-bond donors (Lipinski definition) is 1. The Morgan fingerprint density at radius 2 is 1.86 bits per heavy atom. The molecule has 8 heteroatoms. The van der Waals surface area contributed by atoms with Crippen molar-refractivity contribution in [1.82, 2.24) is 14.9 Å². The Hall–Kier alpha value is -2.02. The Morgan fingerprint density at radius 1 is 1.14 bits per heavy atom. The van der Waals surface area contributed by atoms with Gasteiger partial charge in [0.15, 0.2) is 5.16 Å². The van der Waals surface area contributed by atoms with Crippen LogP contribution in [0.5, 0.6) is 0 Å². The number of benzene rings is 2. The summed E-state index contributed by atoms with van der Waals surface area (Å²) in [4.78, 5) is 29.8. The first-order valence-electron chi connectivity index (χ1n) is 8.87. The third-order valence-corrected chi connectivity index (χ3v) is 5.50. The van der Waals surface area contributed by atoms with E-state index in [9.17, 15) is 9.59 Å². The maximum absolute atomic E-state index is 13.1. The molecule has 28 heavy (non-hydrogen) atoms. The molecule has 3 aromatic rings. The molecule has 1 aromatic heterocycles. The summed E-state index contributed by atoms with van der Waals surface area (Å²) < 4.78 is 1.50. The molecule has 0 unspecified atom stereocenters. The van der Waals surface area contributed by atoms with Crippen molar-refractivity contribution in [3.8, 4) is 5.69 Å². The third kappa shape index (κ3) is 4.87. The number of fused-ring (bicyclic) bond motifs is 1. The molecule has 0 radical (unpaired) electrons. The average Bonchev–Trinajstić information content (AvgIpc) is 2.67. The summed E-state index contributed by atoms with van der Waals surface area (Å²) in [5.41, 5.74) is 0.905. The molecule has 5 nitrogen and oxygen atoms in total. The van der Waals surface area contributed by atoms with E-state index in [2.05, 4.69) is 17.2 Å². The molecule has 1 N–H and O–H groups in total. The molecule has 3 rings (SSSR count). The lowest BCUT2D eigenvalue weighted by Crippen LogP contribution is -2.27. The highest BCUT2D eigenvalue weighted by Crippen LogP contribution is 2.23. The lowest BCUT2D eigenvalue weighted by Gasteiger charge is -2.13. The quantitative estimate of drug-likeness (QED) is 0.331. The topological polar surface area (TPSA) is 64.0 Å². The van der Waals surface area contributed by atoms with Gasteiger partial charge in [-0.15, -0.1) is 0 Å². The molecular formula is C20H19Cl2N3O2S. The van der Waals surface area contributed by atoms with Gasteiger partial charge in [0, 0.05) is 16.6 Å². The predicted octanol–water partition coefficient (Wildman–Crippen LogP) is 4.70. The normalized spacial score (nSPS) is 11.0. The smallest absolute Gasteiger partial charge is 0.266 e. The molecule has 2 aromatic carbocycles. The standard InChI is InChI=1S/C20H19Cl2N3O2S/c1-2-3-10-23-18(26)12-28-20-24-17-11-14(22)6-9-16(17)19(27)25(20)15-7-4-13(21)5-8-15/h4-9,11H,2-3,10,12H2,1H3,(H,23,26). The predicted molar refractivity (Wildman–Crippen MR) is 116 cm³/mol. The zero-order chi connectivity index (χ0) is 20.1. The first-order valence-corrected chi connectivity index (χ1v) is 10.6. The van der Waals surface area contributed by atoms with Crippen LogP contribution in [0.4, 0.5) is 0 Å². The molecule has 1 heterocycles. The minimum Gasteiger partial charge on any atom is -0.355 e. The van der Waals surface area contributed by atoms with E-state index in [-0.39, 0.29) is 17.2 Å². The number of unbranched alkanes of at least 4 members (excludes halogenated alkanes) is 1. The highest BCUT2D eigenvalue weighted by molar-refractivity contribution is 7.99. The number of thioether (sulfide) groups is 1. The van der Waals surface area contributed by atoms with E-state index in [1.54, 1.807) is 42.5 Å². The number of halogens is 2. The van der Waals surface area contributed by atoms with Crippen LogP contribution in [0.3, 0.4) is 0 Å². The molecule has 0 atom stereocenters. The van der Waals surface area contributed by atoms with Crippen molar-refractivity contribution in [2.45, 2.75) is 24.9 Å². The Morgan fingerprint density at radius 3 is 2.57 bits per heavy atom. The van der Waals surface area contributed by atoms with Crippen LogP contribution in [0.1, 0.15) is 19.8 Å². The summed E-state index contributed by atoms with van der Waals surface area (Å²) in [6.45, 7) is 2.70. The number of carbonyl (C=O) groups is 1. The molecule has 0 aliphatic rings. The van der Waals surface area contributed by atoms with Gasteiger partial charge in [0.2, 0.25) is 5.91 Å². The van der Waals surface area contributed by atoms with Crippen molar-refractivity contribution in [3.63, 3.8) is 0 Å². The van der Waals surface area contributed by atoms with Gasteiger partial charge in [-0.3, -0.25) is 14.2 Å². The van der Waals surface area contributed by atoms with E-state index in [0.29, 0.717) is 38.3 Å². The Kier molecular flexibility index (Phi) is 6.99. The zero-order valence-corrected chi connectivity index (χ0v) is 17.6. The van der Waals surface area contributed by atoms with Crippen LogP contribution in [0.15, 0.2) is 52.4 Å². The van der Waals surface area contributed by atoms with Gasteiger partial charge in [-0.25, -0.2) is 4.98 Å². The van der Waals surface area contributed by atoms with E-state index in [0.717, 1.165) is 12.8 Å². The van der Waals surface area contributed by atoms with Gasteiger partial charge in [0.1, 0.15) is 0 Å². The largest absolute Gasteiger partial charge is 0.355 e. The summed E-state index contributed by atoms with van der Waals surface area (Å²) in [5.74, 6) is 0.0667. The SMILES string of the molecule is CCCCNC(=O)CSc1nc2cc(Cl)ccc2c(=O)n1-c1ccc(Cl)cc1. The van der Waals surface area contributed by atoms with Crippen LogP contribution in [-0.2, 0) is 4.79 Å². The Labute approximate surface area is 177 Å². The third-order valence-electron chi connectivity index (χ3n) is 4.07. The van der Waals surface area contributed by atoms with Crippen molar-refractivity contribution >= 4 is 51.8 Å². The van der Waals surface area contributed by atoms with E-state index in [4.69, 9.17) is 23.2 Å². The highest BCUT2D eigenvalue weighted by atomic mass is 35.5. The average molecular weight is 436 g/mol. The first kappa shape index (κ1) is 20.7. The number of hydrogen-bond acceptors (Lipinski definition) is 4. The van der Waals surface area contributed by atoms with Gasteiger partial charge in [-0.1, -0.05) is 48.3 Å². The van der Waals surface area contributed by atoms with Crippen molar-refractivity contribution in [1.29, 1.82) is 0 Å². The van der Waals surface area contributed by atoms with Gasteiger partial charge >= 0.3 is 0 Å². The van der Waals surface area contributed by atoms with Crippen LogP contribution in [0.2, 0.25) is 10.0 Å². The van der Waals surface area contributed by atoms with Crippen molar-refractivity contribution < 1.29 is 4.79 Å². The maximum atomic E-state index is 13.1. The lowest BCUT2D eigenvalue weighted by atomic mass is 10.2. The summed E-state index contributed by atoms with van der Waals surface area (Å²) >= 11 is 13.3. The van der Waals surface area contributed by atoms with Crippen LogP contribution in [0, 0.1) is 0 Å². The molecule has 0 bridgehead atoms. The van der Waals surface area contributed by atoms with E-state index >= 15 is 0 Å². The number of nitrogens with one attached hydrogen (secondary N) is 1. The van der Waals surface area contributed by atoms with Crippen LogP contribution in [-0.4, -0.2) is 27.8 Å². The van der Waals surface area contributed by atoms with Gasteiger partial charge in [0.25, 0.3) is 5.56 Å². The summed E-state index contributed by atoms with van der Waals surface area (Å²) in [5, 5.41) is 4.81. The summed E-state index contributed by atoms with van der Waals surface area (Å²) in [6.07, 6.45) is 1.94. The van der Waals surface area contributed by atoms with Crippen molar-refractivity contribution in [2.75, 3.05) is 12.3 Å². The maximum Gasteiger partial charge on any atom is 0.266 e. The minimum absolute atomic E-state index is 0.0958. The highest BCUT2D eigenvalue weighted by Gasteiger charge is 2.15. The number of rotatable bonds is 7. The van der Waals surface area contributed by atoms with Crippen LogP contribution in [0.25, 0.3) is 16.6 Å². The zero-order valence-electron chi connectivity index (χ0n) is 15.2. The fourth-order valence-corrected chi connectivity index (χ4v) is 3.77. The van der Waals surface area contributed by atoms with Gasteiger partial charge in [-0.05, 0) is 48.9 Å². The fourth-order valence-electron chi connectivity index (χ4n) is 2.64. The van der Waals surface area contributed by atoms with Crippen molar-refractivity contribution in [2.24, 2.45) is 0 Å². The molecule has 0 saturated heterocycles. The van der Waals surface area contributed by atoms with Crippen LogP contribution < -0.4 is 10.9 Å². The molecule has 0 saturated carbocycles. The molecular weight excluding hydrogens is 417 g/mol. The molecule has 0 aliphatic carbocycles.